The molecule has 0 bridgehead atoms. The average Bonchev–Trinajstić information content (AvgIpc) is 3.00. The van der Waals surface area contributed by atoms with Gasteiger partial charge in [0.15, 0.2) is 8.32 Å². The summed E-state index contributed by atoms with van der Waals surface area (Å²) in [5.74, 6) is -0.676. The Balaban J connectivity index is 1.72. The van der Waals surface area contributed by atoms with Gasteiger partial charge in [0.2, 0.25) is 0 Å². The minimum Gasteiger partial charge on any atom is -0.432 e. The van der Waals surface area contributed by atoms with E-state index in [1.807, 2.05) is 20.1 Å². The Bertz CT molecular complexity index is 1150. The van der Waals surface area contributed by atoms with Crippen molar-refractivity contribution in [3.8, 4) is 11.3 Å². The van der Waals surface area contributed by atoms with Crippen LogP contribution in [0.3, 0.4) is 0 Å². The van der Waals surface area contributed by atoms with Gasteiger partial charge in [-0.3, -0.25) is 4.79 Å². The first kappa shape index (κ1) is 22.7. The summed E-state index contributed by atoms with van der Waals surface area (Å²) in [5.41, 5.74) is 6.12. The molecule has 1 aliphatic heterocycles. The molecule has 4 N–H and O–H groups in total. The lowest BCUT2D eigenvalue weighted by molar-refractivity contribution is 0.0956. The van der Waals surface area contributed by atoms with Crippen molar-refractivity contribution in [3.63, 3.8) is 0 Å². The van der Waals surface area contributed by atoms with E-state index in [2.05, 4.69) is 33.8 Å². The van der Waals surface area contributed by atoms with Crippen LogP contribution in [-0.4, -0.2) is 44.2 Å². The van der Waals surface area contributed by atoms with Crippen LogP contribution in [0.4, 0.5) is 4.39 Å². The highest BCUT2D eigenvalue weighted by atomic mass is 28.4. The Morgan fingerprint density at radius 1 is 1.22 bits per heavy atom. The molecule has 0 unspecified atom stereocenters. The van der Waals surface area contributed by atoms with E-state index in [4.69, 9.17) is 4.74 Å². The van der Waals surface area contributed by atoms with Gasteiger partial charge in [0.25, 0.3) is 5.91 Å². The largest absolute Gasteiger partial charge is 0.432 e. The van der Waals surface area contributed by atoms with Crippen molar-refractivity contribution in [3.05, 3.63) is 58.4 Å². The molecule has 0 aliphatic carbocycles. The van der Waals surface area contributed by atoms with E-state index in [1.165, 1.54) is 12.1 Å². The van der Waals surface area contributed by atoms with Gasteiger partial charge in [-0.2, -0.15) is 0 Å². The van der Waals surface area contributed by atoms with Gasteiger partial charge in [-0.1, -0.05) is 12.1 Å². The molecular weight excluding hydrogens is 425 g/mol. The number of aromatic amines is 1. The molecule has 0 saturated carbocycles. The number of H-pyrrole nitrogens is 1. The fraction of sp³-hybridized carbons (Fsp3) is 0.375. The second-order valence-electron chi connectivity index (χ2n) is 8.99. The molecule has 1 aliphatic rings. The Hall–Kier alpha value is -2.52. The first-order chi connectivity index (χ1) is 15.3. The lowest BCUT2D eigenvalue weighted by Crippen LogP contribution is -2.26. The summed E-state index contributed by atoms with van der Waals surface area (Å²) in [5, 5.41) is 6.85. The smallest absolute Gasteiger partial charge is 0.252 e. The topological polar surface area (TPSA) is 86.4 Å². The molecule has 3 aromatic rings. The average molecular weight is 456 g/mol. The first-order valence-corrected chi connectivity index (χ1v) is 14.1. The third-order valence-electron chi connectivity index (χ3n) is 5.85. The standard InChI is InChI=1S/C24H30FN3O3Si/c1-26-13-16-5-4-15(10-17(16)14-31-8-9-32(2,3)30)23-19-6-7-27-24(29)20-11-18(25)12-21(28-23)22(19)20/h4-5,10-12,26,28,30H,6-9,13-14H2,1-3H3,(H,27,29). The van der Waals surface area contributed by atoms with E-state index < -0.39 is 14.1 Å². The van der Waals surface area contributed by atoms with Gasteiger partial charge in [0, 0.05) is 36.3 Å². The molecule has 1 amide bonds. The number of hydrogen-bond donors (Lipinski definition) is 4. The molecular formula is C24H30FN3O3Si. The van der Waals surface area contributed by atoms with Gasteiger partial charge >= 0.3 is 0 Å². The van der Waals surface area contributed by atoms with Crippen LogP contribution < -0.4 is 10.6 Å². The maximum atomic E-state index is 14.2. The van der Waals surface area contributed by atoms with E-state index in [0.29, 0.717) is 49.8 Å². The summed E-state index contributed by atoms with van der Waals surface area (Å²) in [6, 6.07) is 9.68. The number of amides is 1. The minimum atomic E-state index is -2.14. The third kappa shape index (κ3) is 4.78. The van der Waals surface area contributed by atoms with Crippen molar-refractivity contribution in [1.29, 1.82) is 0 Å². The quantitative estimate of drug-likeness (QED) is 0.308. The molecule has 0 fully saturated rings. The van der Waals surface area contributed by atoms with Crippen molar-refractivity contribution in [1.82, 2.24) is 15.6 Å². The highest BCUT2D eigenvalue weighted by Crippen LogP contribution is 2.35. The Kier molecular flexibility index (Phi) is 6.48. The van der Waals surface area contributed by atoms with Crippen molar-refractivity contribution >= 4 is 25.1 Å². The molecule has 32 heavy (non-hydrogen) atoms. The van der Waals surface area contributed by atoms with Gasteiger partial charge in [-0.05, 0) is 73.1 Å². The number of rotatable bonds is 8. The lowest BCUT2D eigenvalue weighted by Gasteiger charge is -2.16. The molecule has 1 aromatic heterocycles. The zero-order valence-corrected chi connectivity index (χ0v) is 19.8. The van der Waals surface area contributed by atoms with Crippen molar-refractivity contribution in [2.75, 3.05) is 20.2 Å². The number of carbonyl (C=O) groups is 1. The number of nitrogens with one attached hydrogen (secondary N) is 3. The summed E-state index contributed by atoms with van der Waals surface area (Å²) >= 11 is 0. The fourth-order valence-electron chi connectivity index (χ4n) is 4.22. The van der Waals surface area contributed by atoms with Crippen LogP contribution in [0.5, 0.6) is 0 Å². The molecule has 0 saturated heterocycles. The van der Waals surface area contributed by atoms with Crippen LogP contribution in [0.25, 0.3) is 22.2 Å². The summed E-state index contributed by atoms with van der Waals surface area (Å²) in [6.07, 6.45) is 0.667. The second-order valence-corrected chi connectivity index (χ2v) is 13.1. The molecule has 170 valence electrons. The Labute approximate surface area is 188 Å². The molecule has 2 aromatic carbocycles. The lowest BCUT2D eigenvalue weighted by atomic mass is 9.97. The monoisotopic (exact) mass is 455 g/mol. The molecule has 0 atom stereocenters. The van der Waals surface area contributed by atoms with Crippen LogP contribution in [0.15, 0.2) is 30.3 Å². The second kappa shape index (κ2) is 9.15. The summed E-state index contributed by atoms with van der Waals surface area (Å²) in [4.78, 5) is 25.9. The van der Waals surface area contributed by atoms with Crippen molar-refractivity contribution < 1.29 is 18.7 Å². The highest BCUT2D eigenvalue weighted by molar-refractivity contribution is 6.69. The molecule has 0 spiro atoms. The van der Waals surface area contributed by atoms with Crippen LogP contribution in [0, 0.1) is 5.82 Å². The van der Waals surface area contributed by atoms with E-state index >= 15 is 0 Å². The summed E-state index contributed by atoms with van der Waals surface area (Å²) < 4.78 is 20.1. The zero-order chi connectivity index (χ0) is 22.9. The molecule has 6 nitrogen and oxygen atoms in total. The number of ether oxygens (including phenoxy) is 1. The maximum absolute atomic E-state index is 14.2. The predicted octanol–water partition coefficient (Wildman–Crippen LogP) is 3.69. The fourth-order valence-corrected chi connectivity index (χ4v) is 4.86. The Morgan fingerprint density at radius 3 is 2.78 bits per heavy atom. The molecule has 4 rings (SSSR count). The Morgan fingerprint density at radius 2 is 2.03 bits per heavy atom. The van der Waals surface area contributed by atoms with Crippen LogP contribution in [0.2, 0.25) is 19.1 Å². The maximum Gasteiger partial charge on any atom is 0.252 e. The van der Waals surface area contributed by atoms with E-state index in [-0.39, 0.29) is 5.91 Å². The predicted molar refractivity (Wildman–Crippen MR) is 127 cm³/mol. The van der Waals surface area contributed by atoms with Crippen LogP contribution in [-0.2, 0) is 24.3 Å². The van der Waals surface area contributed by atoms with Gasteiger partial charge in [0.1, 0.15) is 5.82 Å². The summed E-state index contributed by atoms with van der Waals surface area (Å²) in [7, 11) is -0.233. The van der Waals surface area contributed by atoms with Crippen molar-refractivity contribution in [2.45, 2.75) is 38.7 Å². The number of halogens is 1. The molecule has 0 radical (unpaired) electrons. The number of aromatic nitrogens is 1. The van der Waals surface area contributed by atoms with Crippen LogP contribution >= 0.6 is 0 Å². The first-order valence-electron chi connectivity index (χ1n) is 11.0. The van der Waals surface area contributed by atoms with Gasteiger partial charge < -0.3 is 25.2 Å². The zero-order valence-electron chi connectivity index (χ0n) is 18.8. The van der Waals surface area contributed by atoms with E-state index in [9.17, 15) is 14.0 Å². The van der Waals surface area contributed by atoms with E-state index in [0.717, 1.165) is 33.3 Å². The minimum absolute atomic E-state index is 0.243. The highest BCUT2D eigenvalue weighted by Gasteiger charge is 2.24. The van der Waals surface area contributed by atoms with Gasteiger partial charge in [-0.25, -0.2) is 4.39 Å². The SMILES string of the molecule is CNCc1ccc(-c2[nH]c3cc(F)cc4c3c2CCNC4=O)cc1COCC[Si](C)(C)O. The van der Waals surface area contributed by atoms with Gasteiger partial charge in [-0.15, -0.1) is 0 Å². The van der Waals surface area contributed by atoms with E-state index in [1.54, 1.807) is 0 Å². The number of carbonyl (C=O) groups excluding carboxylic acids is 1. The molecule has 2 heterocycles. The van der Waals surface area contributed by atoms with Gasteiger partial charge in [0.05, 0.1) is 12.2 Å². The number of benzene rings is 2. The molecule has 8 heteroatoms. The normalized spacial score (nSPS) is 14.0. The third-order valence-corrected chi connectivity index (χ3v) is 7.28. The number of hydrogen-bond acceptors (Lipinski definition) is 4. The van der Waals surface area contributed by atoms with Crippen molar-refractivity contribution in [2.24, 2.45) is 0 Å². The van der Waals surface area contributed by atoms with Crippen LogP contribution in [0.1, 0.15) is 27.0 Å². The summed E-state index contributed by atoms with van der Waals surface area (Å²) in [6.45, 7) is 6.00.